The third kappa shape index (κ3) is 2.74. The summed E-state index contributed by atoms with van der Waals surface area (Å²) in [5.74, 6) is -0.417. The van der Waals surface area contributed by atoms with Crippen LogP contribution in [0, 0.1) is 0 Å². The first kappa shape index (κ1) is 9.02. The highest BCUT2D eigenvalue weighted by atomic mass is 16.5. The normalized spacial score (nSPS) is 13.1. The number of hydrogen-bond donors (Lipinski definition) is 2. The largest absolute Gasteiger partial charge is 0.497 e. The van der Waals surface area contributed by atoms with E-state index in [2.05, 4.69) is 0 Å². The molecule has 76 valence electrons. The Balaban J connectivity index is 2.60. The van der Waals surface area contributed by atoms with Crippen molar-refractivity contribution in [1.29, 1.82) is 0 Å². The van der Waals surface area contributed by atoms with Crippen LogP contribution in [-0.2, 0) is 11.2 Å². The van der Waals surface area contributed by atoms with E-state index in [0.29, 0.717) is 5.75 Å². The van der Waals surface area contributed by atoms with E-state index in [-0.39, 0.29) is 13.5 Å². The van der Waals surface area contributed by atoms with Crippen LogP contribution in [0.25, 0.3) is 0 Å². The summed E-state index contributed by atoms with van der Waals surface area (Å²) in [6.45, 7) is 0. The predicted octanol–water partition coefficient (Wildman–Crippen LogP) is 0.650. The number of methoxy groups -OCH3 is 1. The van der Waals surface area contributed by atoms with Crippen LogP contribution >= 0.6 is 0 Å². The maximum atomic E-state index is 10.5. The van der Waals surface area contributed by atoms with Gasteiger partial charge in [0, 0.05) is 0 Å². The molecule has 1 atom stereocenters. The van der Waals surface area contributed by atoms with E-state index in [0.717, 1.165) is 5.56 Å². The summed E-state index contributed by atoms with van der Waals surface area (Å²) in [5, 5.41) is 8.61. The van der Waals surface area contributed by atoms with E-state index in [1.54, 1.807) is 24.3 Å². The minimum absolute atomic E-state index is 0.131. The fourth-order valence-corrected chi connectivity index (χ4v) is 1.06. The van der Waals surface area contributed by atoms with Gasteiger partial charge >= 0.3 is 5.97 Å². The molecule has 0 heterocycles. The van der Waals surface area contributed by atoms with Crippen molar-refractivity contribution in [2.24, 2.45) is 5.73 Å². The van der Waals surface area contributed by atoms with Crippen molar-refractivity contribution in [3.05, 3.63) is 29.8 Å². The van der Waals surface area contributed by atoms with Crippen LogP contribution in [0.1, 0.15) is 6.93 Å². The number of carboxylic acids is 1. The average Bonchev–Trinajstić information content (AvgIpc) is 2.21. The Morgan fingerprint density at radius 2 is 2.29 bits per heavy atom. The van der Waals surface area contributed by atoms with Gasteiger partial charge in [0.1, 0.15) is 11.8 Å². The zero-order valence-corrected chi connectivity index (χ0v) is 7.64. The van der Waals surface area contributed by atoms with Gasteiger partial charge in [-0.1, -0.05) is 12.1 Å². The Hall–Kier alpha value is -1.55. The molecule has 1 aromatic carbocycles. The van der Waals surface area contributed by atoms with Gasteiger partial charge in [0.05, 0.1) is 8.46 Å². The van der Waals surface area contributed by atoms with Crippen LogP contribution in [0.2, 0.25) is 0 Å². The van der Waals surface area contributed by atoms with E-state index in [1.807, 2.05) is 0 Å². The van der Waals surface area contributed by atoms with Gasteiger partial charge in [-0.25, -0.2) is 0 Å². The summed E-state index contributed by atoms with van der Waals surface area (Å²) in [7, 11) is -0.131. The van der Waals surface area contributed by atoms with E-state index in [1.165, 1.54) is 0 Å². The molecule has 0 aliphatic carbocycles. The second-order valence-electron chi connectivity index (χ2n) is 2.94. The average molecular weight is 196 g/mol. The molecule has 1 aromatic rings. The number of rotatable bonds is 4. The molecule has 0 aliphatic rings. The molecule has 0 saturated heterocycles. The summed E-state index contributed by atoms with van der Waals surface area (Å²) >= 11 is 0. The second-order valence-corrected chi connectivity index (χ2v) is 2.94. The number of nitrogens with two attached hydrogens (primary N) is 1. The molecule has 0 amide bonds. The SMILES string of the molecule is [2H]COc1ccc(C[C@H](N)C(=O)O)cc1. The Morgan fingerprint density at radius 1 is 1.64 bits per heavy atom. The van der Waals surface area contributed by atoms with Gasteiger partial charge < -0.3 is 15.6 Å². The number of hydrogen-bond acceptors (Lipinski definition) is 3. The molecular formula is C10H13NO3. The molecule has 0 fully saturated rings. The van der Waals surface area contributed by atoms with Crippen molar-refractivity contribution < 1.29 is 16.0 Å². The molecule has 1 rings (SSSR count). The van der Waals surface area contributed by atoms with E-state index < -0.39 is 12.0 Å². The highest BCUT2D eigenvalue weighted by Crippen LogP contribution is 2.12. The lowest BCUT2D eigenvalue weighted by Crippen LogP contribution is -2.32. The smallest absolute Gasteiger partial charge is 0.320 e. The maximum Gasteiger partial charge on any atom is 0.320 e. The van der Waals surface area contributed by atoms with Crippen molar-refractivity contribution in [3.63, 3.8) is 0 Å². The molecule has 0 aliphatic heterocycles. The quantitative estimate of drug-likeness (QED) is 0.741. The van der Waals surface area contributed by atoms with Crippen molar-refractivity contribution in [1.82, 2.24) is 0 Å². The molecule has 0 saturated carbocycles. The zero-order chi connectivity index (χ0) is 11.3. The monoisotopic (exact) mass is 196 g/mol. The van der Waals surface area contributed by atoms with Crippen LogP contribution in [-0.4, -0.2) is 24.2 Å². The second kappa shape index (κ2) is 4.62. The summed E-state index contributed by atoms with van der Waals surface area (Å²) in [4.78, 5) is 10.5. The van der Waals surface area contributed by atoms with Crippen LogP contribution in [0.3, 0.4) is 0 Å². The maximum absolute atomic E-state index is 10.5. The first-order chi connectivity index (χ1) is 7.13. The molecule has 14 heavy (non-hydrogen) atoms. The molecular weight excluding hydrogens is 182 g/mol. The molecule has 0 aromatic heterocycles. The third-order valence-corrected chi connectivity index (χ3v) is 1.86. The first-order valence-electron chi connectivity index (χ1n) is 4.83. The molecule has 4 nitrogen and oxygen atoms in total. The van der Waals surface area contributed by atoms with E-state index >= 15 is 0 Å². The molecule has 4 heteroatoms. The number of carboxylic acid groups (broad SMARTS) is 1. The van der Waals surface area contributed by atoms with E-state index in [4.69, 9.17) is 16.9 Å². The highest BCUT2D eigenvalue weighted by Gasteiger charge is 2.11. The number of benzene rings is 1. The van der Waals surface area contributed by atoms with E-state index in [9.17, 15) is 4.79 Å². The minimum Gasteiger partial charge on any atom is -0.497 e. The summed E-state index contributed by atoms with van der Waals surface area (Å²) < 4.78 is 11.8. The van der Waals surface area contributed by atoms with Gasteiger partial charge in [-0.3, -0.25) is 4.79 Å². The highest BCUT2D eigenvalue weighted by molar-refractivity contribution is 5.73. The summed E-state index contributed by atoms with van der Waals surface area (Å²) in [6.07, 6.45) is 0.288. The third-order valence-electron chi connectivity index (χ3n) is 1.86. The van der Waals surface area contributed by atoms with Crippen LogP contribution < -0.4 is 10.5 Å². The zero-order valence-electron chi connectivity index (χ0n) is 8.64. The Bertz CT molecular complexity index is 326. The Kier molecular flexibility index (Phi) is 2.98. The Morgan fingerprint density at radius 3 is 2.79 bits per heavy atom. The van der Waals surface area contributed by atoms with Crippen molar-refractivity contribution in [3.8, 4) is 5.75 Å². The lowest BCUT2D eigenvalue weighted by atomic mass is 10.1. The lowest BCUT2D eigenvalue weighted by molar-refractivity contribution is -0.138. The van der Waals surface area contributed by atoms with Crippen LogP contribution in [0.5, 0.6) is 5.75 Å². The molecule has 0 unspecified atom stereocenters. The van der Waals surface area contributed by atoms with Crippen LogP contribution in [0.4, 0.5) is 0 Å². The lowest BCUT2D eigenvalue weighted by Gasteiger charge is -2.06. The van der Waals surface area contributed by atoms with Crippen LogP contribution in [0.15, 0.2) is 24.3 Å². The summed E-state index contributed by atoms with van der Waals surface area (Å²) in [5.41, 5.74) is 6.22. The molecule has 0 radical (unpaired) electrons. The van der Waals surface area contributed by atoms with Gasteiger partial charge in [-0.05, 0) is 24.1 Å². The molecule has 0 bridgehead atoms. The van der Waals surface area contributed by atoms with Gasteiger partial charge in [-0.2, -0.15) is 0 Å². The van der Waals surface area contributed by atoms with Crippen molar-refractivity contribution >= 4 is 5.97 Å². The van der Waals surface area contributed by atoms with Gasteiger partial charge in [-0.15, -0.1) is 0 Å². The summed E-state index contributed by atoms with van der Waals surface area (Å²) in [6, 6.07) is 5.99. The first-order valence-corrected chi connectivity index (χ1v) is 4.13. The fourth-order valence-electron chi connectivity index (χ4n) is 1.06. The predicted molar refractivity (Wildman–Crippen MR) is 52.3 cm³/mol. The topological polar surface area (TPSA) is 72.5 Å². The number of ether oxygens (including phenoxy) is 1. The Labute approximate surface area is 83.7 Å². The van der Waals surface area contributed by atoms with Crippen molar-refractivity contribution in [2.75, 3.05) is 7.09 Å². The molecule has 3 N–H and O–H groups in total. The van der Waals surface area contributed by atoms with Gasteiger partial charge in [0.15, 0.2) is 0 Å². The van der Waals surface area contributed by atoms with Gasteiger partial charge in [0.25, 0.3) is 0 Å². The number of aliphatic carboxylic acids is 1. The standard InChI is InChI=1S/C10H13NO3/c1-14-8-4-2-7(3-5-8)6-9(11)10(12)13/h2-5,9H,6,11H2,1H3,(H,12,13)/t9-/m0/s1/i1D. The molecule has 0 spiro atoms. The van der Waals surface area contributed by atoms with Crippen molar-refractivity contribution in [2.45, 2.75) is 12.5 Å². The number of carbonyl (C=O) groups is 1. The minimum atomic E-state index is -1.01. The van der Waals surface area contributed by atoms with Gasteiger partial charge in [0.2, 0.25) is 0 Å². The fraction of sp³-hybridized carbons (Fsp3) is 0.300.